The normalized spacial score (nSPS) is 22.6. The zero-order valence-electron chi connectivity index (χ0n) is 10.1. The van der Waals surface area contributed by atoms with Gasteiger partial charge in [-0.15, -0.1) is 10.2 Å². The Kier molecular flexibility index (Phi) is 2.99. The lowest BCUT2D eigenvalue weighted by molar-refractivity contribution is 0.373. The summed E-state index contributed by atoms with van der Waals surface area (Å²) in [5.41, 5.74) is 1.22. The zero-order chi connectivity index (χ0) is 12.5. The molecule has 94 valence electrons. The number of hydrogen-bond donors (Lipinski definition) is 1. The number of aryl methyl sites for hydroxylation is 1. The predicted molar refractivity (Wildman–Crippen MR) is 70.4 cm³/mol. The molecule has 3 rings (SSSR count). The summed E-state index contributed by atoms with van der Waals surface area (Å²) in [7, 11) is 0. The van der Waals surface area contributed by atoms with Crippen LogP contribution in [0.1, 0.15) is 29.3 Å². The van der Waals surface area contributed by atoms with Crippen LogP contribution in [0.3, 0.4) is 0 Å². The first-order valence-electron chi connectivity index (χ1n) is 6.03. The van der Waals surface area contributed by atoms with E-state index in [1.807, 2.05) is 19.1 Å². The molecular weight excluding hydrogens is 249 g/mol. The summed E-state index contributed by atoms with van der Waals surface area (Å²) in [5.74, 6) is 0.370. The molecule has 0 saturated heterocycles. The number of benzene rings is 1. The van der Waals surface area contributed by atoms with Crippen LogP contribution in [0, 0.1) is 12.7 Å². The summed E-state index contributed by atoms with van der Waals surface area (Å²) in [6, 6.07) is 7.29. The molecule has 1 fully saturated rings. The highest BCUT2D eigenvalue weighted by Crippen LogP contribution is 2.38. The molecule has 1 N–H and O–H groups in total. The molecule has 5 heteroatoms. The fourth-order valence-electron chi connectivity index (χ4n) is 2.27. The lowest BCUT2D eigenvalue weighted by atomic mass is 9.76. The van der Waals surface area contributed by atoms with Crippen molar-refractivity contribution < 1.29 is 4.39 Å². The van der Waals surface area contributed by atoms with Gasteiger partial charge in [0.1, 0.15) is 10.8 Å². The highest BCUT2D eigenvalue weighted by Gasteiger charge is 2.30. The second-order valence-corrected chi connectivity index (χ2v) is 5.87. The van der Waals surface area contributed by atoms with Gasteiger partial charge in [-0.3, -0.25) is 0 Å². The lowest BCUT2D eigenvalue weighted by Gasteiger charge is -2.36. The van der Waals surface area contributed by atoms with Crippen molar-refractivity contribution in [1.82, 2.24) is 10.2 Å². The van der Waals surface area contributed by atoms with Gasteiger partial charge < -0.3 is 5.32 Å². The Hall–Kier alpha value is -1.49. The van der Waals surface area contributed by atoms with Crippen LogP contribution in [-0.4, -0.2) is 16.2 Å². The maximum absolute atomic E-state index is 12.8. The highest BCUT2D eigenvalue weighted by atomic mass is 32.1. The number of nitrogens with zero attached hydrogens (tertiary/aromatic N) is 2. The van der Waals surface area contributed by atoms with Crippen LogP contribution < -0.4 is 5.32 Å². The summed E-state index contributed by atoms with van der Waals surface area (Å²) in [5, 5.41) is 13.3. The van der Waals surface area contributed by atoms with Crippen LogP contribution in [0.25, 0.3) is 0 Å². The average Bonchev–Trinajstić information content (AvgIpc) is 2.71. The van der Waals surface area contributed by atoms with Crippen molar-refractivity contribution in [3.05, 3.63) is 40.7 Å². The van der Waals surface area contributed by atoms with Crippen molar-refractivity contribution in [2.45, 2.75) is 31.7 Å². The molecule has 1 heterocycles. The maximum Gasteiger partial charge on any atom is 0.205 e. The van der Waals surface area contributed by atoms with E-state index in [1.165, 1.54) is 17.7 Å². The first-order valence-corrected chi connectivity index (χ1v) is 6.84. The van der Waals surface area contributed by atoms with Crippen LogP contribution >= 0.6 is 11.3 Å². The van der Waals surface area contributed by atoms with E-state index in [2.05, 4.69) is 15.5 Å². The summed E-state index contributed by atoms with van der Waals surface area (Å²) < 4.78 is 12.8. The van der Waals surface area contributed by atoms with Gasteiger partial charge in [0.25, 0.3) is 0 Å². The van der Waals surface area contributed by atoms with E-state index in [-0.39, 0.29) is 5.82 Å². The van der Waals surface area contributed by atoms with Crippen molar-refractivity contribution in [1.29, 1.82) is 0 Å². The third kappa shape index (κ3) is 2.36. The monoisotopic (exact) mass is 263 g/mol. The fourth-order valence-corrected chi connectivity index (χ4v) is 2.94. The van der Waals surface area contributed by atoms with Gasteiger partial charge in [0.2, 0.25) is 5.13 Å². The van der Waals surface area contributed by atoms with Crippen molar-refractivity contribution in [2.75, 3.05) is 5.32 Å². The van der Waals surface area contributed by atoms with E-state index in [1.54, 1.807) is 11.3 Å². The molecule has 1 saturated carbocycles. The summed E-state index contributed by atoms with van der Waals surface area (Å²) in [6.45, 7) is 1.95. The Labute approximate surface area is 109 Å². The Bertz CT molecular complexity index is 531. The number of rotatable bonds is 3. The molecule has 0 spiro atoms. The standard InChI is InChI=1S/C13H14FN3S/c1-8-16-17-13(18-8)15-12-6-10(7-12)9-2-4-11(14)5-3-9/h2-5,10,12H,6-7H2,1H3,(H,15,17). The van der Waals surface area contributed by atoms with Crippen molar-refractivity contribution in [3.8, 4) is 0 Å². The molecule has 0 aliphatic heterocycles. The average molecular weight is 263 g/mol. The number of aromatic nitrogens is 2. The topological polar surface area (TPSA) is 37.8 Å². The van der Waals surface area contributed by atoms with Gasteiger partial charge in [0.05, 0.1) is 0 Å². The van der Waals surface area contributed by atoms with Crippen LogP contribution in [0.5, 0.6) is 0 Å². The third-order valence-electron chi connectivity index (χ3n) is 3.33. The molecule has 0 atom stereocenters. The number of anilines is 1. The van der Waals surface area contributed by atoms with Crippen LogP contribution in [0.4, 0.5) is 9.52 Å². The molecular formula is C13H14FN3S. The van der Waals surface area contributed by atoms with Crippen LogP contribution in [-0.2, 0) is 0 Å². The second-order valence-electron chi connectivity index (χ2n) is 4.69. The van der Waals surface area contributed by atoms with Crippen molar-refractivity contribution >= 4 is 16.5 Å². The van der Waals surface area contributed by atoms with Gasteiger partial charge in [0.15, 0.2) is 0 Å². The highest BCUT2D eigenvalue weighted by molar-refractivity contribution is 7.15. The number of hydrogen-bond acceptors (Lipinski definition) is 4. The maximum atomic E-state index is 12.8. The van der Waals surface area contributed by atoms with Gasteiger partial charge in [-0.2, -0.15) is 0 Å². The molecule has 3 nitrogen and oxygen atoms in total. The predicted octanol–water partition coefficient (Wildman–Crippen LogP) is 3.34. The first kappa shape index (κ1) is 11.6. The SMILES string of the molecule is Cc1nnc(NC2CC(c3ccc(F)cc3)C2)s1. The van der Waals surface area contributed by atoms with Crippen molar-refractivity contribution in [3.63, 3.8) is 0 Å². The molecule has 0 radical (unpaired) electrons. The minimum Gasteiger partial charge on any atom is -0.357 e. The molecule has 0 bridgehead atoms. The fraction of sp³-hybridized carbons (Fsp3) is 0.385. The van der Waals surface area contributed by atoms with E-state index in [9.17, 15) is 4.39 Å². The van der Waals surface area contributed by atoms with Crippen LogP contribution in [0.2, 0.25) is 0 Å². The largest absolute Gasteiger partial charge is 0.357 e. The molecule has 2 aromatic rings. The van der Waals surface area contributed by atoms with E-state index in [0.29, 0.717) is 12.0 Å². The molecule has 1 aromatic heterocycles. The Balaban J connectivity index is 1.55. The third-order valence-corrected chi connectivity index (χ3v) is 4.10. The zero-order valence-corrected chi connectivity index (χ0v) is 10.9. The molecule has 0 amide bonds. The molecule has 1 aliphatic carbocycles. The smallest absolute Gasteiger partial charge is 0.205 e. The lowest BCUT2D eigenvalue weighted by Crippen LogP contribution is -2.33. The van der Waals surface area contributed by atoms with Gasteiger partial charge >= 0.3 is 0 Å². The molecule has 1 aliphatic rings. The van der Waals surface area contributed by atoms with Gasteiger partial charge in [-0.25, -0.2) is 4.39 Å². The van der Waals surface area contributed by atoms with Gasteiger partial charge in [0, 0.05) is 6.04 Å². The Morgan fingerprint density at radius 3 is 2.56 bits per heavy atom. The van der Waals surface area contributed by atoms with Crippen LogP contribution in [0.15, 0.2) is 24.3 Å². The quantitative estimate of drug-likeness (QED) is 0.923. The Morgan fingerprint density at radius 1 is 1.22 bits per heavy atom. The second kappa shape index (κ2) is 4.65. The number of nitrogens with one attached hydrogen (secondary N) is 1. The van der Waals surface area contributed by atoms with E-state index < -0.39 is 0 Å². The van der Waals surface area contributed by atoms with Crippen molar-refractivity contribution in [2.24, 2.45) is 0 Å². The summed E-state index contributed by atoms with van der Waals surface area (Å²) in [4.78, 5) is 0. The molecule has 1 aromatic carbocycles. The number of halogens is 1. The first-order chi connectivity index (χ1) is 8.70. The molecule has 0 unspecified atom stereocenters. The minimum atomic E-state index is -0.169. The Morgan fingerprint density at radius 2 is 1.94 bits per heavy atom. The van der Waals surface area contributed by atoms with E-state index in [0.717, 1.165) is 23.0 Å². The minimum absolute atomic E-state index is 0.169. The summed E-state index contributed by atoms with van der Waals surface area (Å²) in [6.07, 6.45) is 2.15. The van der Waals surface area contributed by atoms with Gasteiger partial charge in [-0.1, -0.05) is 23.5 Å². The molecule has 18 heavy (non-hydrogen) atoms. The van der Waals surface area contributed by atoms with E-state index in [4.69, 9.17) is 0 Å². The van der Waals surface area contributed by atoms with E-state index >= 15 is 0 Å². The van der Waals surface area contributed by atoms with Gasteiger partial charge in [-0.05, 0) is 43.4 Å². The summed E-state index contributed by atoms with van der Waals surface area (Å²) >= 11 is 1.58.